The average Bonchev–Trinajstić information content (AvgIpc) is 2.58. The van der Waals surface area contributed by atoms with Gasteiger partial charge in [0.15, 0.2) is 0 Å². The summed E-state index contributed by atoms with van der Waals surface area (Å²) in [5, 5.41) is 2.95. The summed E-state index contributed by atoms with van der Waals surface area (Å²) in [5.74, 6) is 0.779. The first-order valence-electron chi connectivity index (χ1n) is 8.56. The first-order valence-corrected chi connectivity index (χ1v) is 9.35. The molecule has 1 fully saturated rings. The van der Waals surface area contributed by atoms with Gasteiger partial charge in [0.25, 0.3) is 5.56 Å². The van der Waals surface area contributed by atoms with Gasteiger partial charge < -0.3 is 9.88 Å². The van der Waals surface area contributed by atoms with Crippen LogP contribution in [0.15, 0.2) is 51.7 Å². The number of likely N-dealkylation sites (tertiary alicyclic amines) is 1. The Hall–Kier alpha value is -1.92. The van der Waals surface area contributed by atoms with Crippen molar-refractivity contribution in [3.05, 3.63) is 63.0 Å². The van der Waals surface area contributed by atoms with E-state index in [0.29, 0.717) is 18.4 Å². The molecule has 3 heterocycles. The van der Waals surface area contributed by atoms with E-state index in [1.54, 1.807) is 6.07 Å². The fourth-order valence-electron chi connectivity index (χ4n) is 4.06. The third-order valence-electron chi connectivity index (χ3n) is 5.05. The van der Waals surface area contributed by atoms with Crippen LogP contribution in [0.25, 0.3) is 0 Å². The zero-order chi connectivity index (χ0) is 17.4. The minimum Gasteiger partial charge on any atom is -0.325 e. The number of halogens is 1. The predicted octanol–water partition coefficient (Wildman–Crippen LogP) is 2.67. The molecule has 0 unspecified atom stereocenters. The molecule has 2 aliphatic heterocycles. The number of nitrogens with zero attached hydrogens (tertiary/aromatic N) is 2. The Labute approximate surface area is 154 Å². The second-order valence-electron chi connectivity index (χ2n) is 6.95. The van der Waals surface area contributed by atoms with Crippen molar-refractivity contribution < 1.29 is 4.79 Å². The van der Waals surface area contributed by atoms with Gasteiger partial charge in [-0.1, -0.05) is 22.0 Å². The van der Waals surface area contributed by atoms with Crippen LogP contribution in [0.3, 0.4) is 0 Å². The number of benzene rings is 1. The Bertz CT molecular complexity index is 846. The van der Waals surface area contributed by atoms with Crippen molar-refractivity contribution in [3.8, 4) is 0 Å². The van der Waals surface area contributed by atoms with Gasteiger partial charge in [0.05, 0.1) is 6.54 Å². The number of pyridine rings is 1. The standard InChI is InChI=1S/C19H20BrN3O2/c20-15-4-6-16(7-5-15)21-18(24)12-22-9-13-8-14(11-22)17-2-1-3-19(25)23(17)10-13/h1-7,13-14H,8-12H2,(H,21,24)/t13-,14+/m0/s1. The molecular formula is C19H20BrN3O2. The molecule has 2 atom stereocenters. The van der Waals surface area contributed by atoms with Crippen LogP contribution < -0.4 is 10.9 Å². The first kappa shape index (κ1) is 16.5. The molecular weight excluding hydrogens is 382 g/mol. The molecule has 130 valence electrons. The Balaban J connectivity index is 1.43. The average molecular weight is 402 g/mol. The van der Waals surface area contributed by atoms with E-state index in [-0.39, 0.29) is 11.5 Å². The largest absolute Gasteiger partial charge is 0.325 e. The Morgan fingerprint density at radius 1 is 1.12 bits per heavy atom. The molecule has 2 bridgehead atoms. The SMILES string of the molecule is O=C(CN1C[C@@H]2C[C@H](C1)c1cccc(=O)n1C2)Nc1ccc(Br)cc1. The number of nitrogens with one attached hydrogen (secondary N) is 1. The van der Waals surface area contributed by atoms with Gasteiger partial charge in [0.2, 0.25) is 5.91 Å². The molecule has 1 aromatic heterocycles. The molecule has 5 nitrogen and oxygen atoms in total. The molecule has 4 rings (SSSR count). The second-order valence-corrected chi connectivity index (χ2v) is 7.86. The monoisotopic (exact) mass is 401 g/mol. The summed E-state index contributed by atoms with van der Waals surface area (Å²) >= 11 is 3.39. The number of aromatic nitrogens is 1. The van der Waals surface area contributed by atoms with Gasteiger partial charge in [-0.25, -0.2) is 0 Å². The van der Waals surface area contributed by atoms with Crippen molar-refractivity contribution in [2.45, 2.75) is 18.9 Å². The van der Waals surface area contributed by atoms with Crippen LogP contribution in [0, 0.1) is 5.92 Å². The molecule has 2 aromatic rings. The predicted molar refractivity (Wildman–Crippen MR) is 101 cm³/mol. The number of amides is 1. The second kappa shape index (κ2) is 6.77. The van der Waals surface area contributed by atoms with Gasteiger partial charge in [-0.05, 0) is 42.7 Å². The zero-order valence-corrected chi connectivity index (χ0v) is 15.4. The van der Waals surface area contributed by atoms with E-state index in [1.165, 1.54) is 0 Å². The molecule has 25 heavy (non-hydrogen) atoms. The van der Waals surface area contributed by atoms with Crippen molar-refractivity contribution >= 4 is 27.5 Å². The topological polar surface area (TPSA) is 54.3 Å². The lowest BCUT2D eigenvalue weighted by Crippen LogP contribution is -2.49. The fourth-order valence-corrected chi connectivity index (χ4v) is 4.33. The van der Waals surface area contributed by atoms with E-state index in [2.05, 4.69) is 26.1 Å². The fraction of sp³-hybridized carbons (Fsp3) is 0.368. The van der Waals surface area contributed by atoms with Gasteiger partial charge in [-0.15, -0.1) is 0 Å². The van der Waals surface area contributed by atoms with Crippen molar-refractivity contribution in [2.24, 2.45) is 5.92 Å². The number of hydrogen-bond donors (Lipinski definition) is 1. The molecule has 1 aromatic carbocycles. The van der Waals surface area contributed by atoms with Crippen LogP contribution in [0.4, 0.5) is 5.69 Å². The minimum atomic E-state index is 0.00717. The van der Waals surface area contributed by atoms with Gasteiger partial charge in [-0.2, -0.15) is 0 Å². The van der Waals surface area contributed by atoms with Gasteiger partial charge >= 0.3 is 0 Å². The number of anilines is 1. The molecule has 6 heteroatoms. The molecule has 0 spiro atoms. The summed E-state index contributed by atoms with van der Waals surface area (Å²) in [7, 11) is 0. The molecule has 1 amide bonds. The minimum absolute atomic E-state index is 0.00717. The maximum atomic E-state index is 12.4. The van der Waals surface area contributed by atoms with Crippen LogP contribution in [0.5, 0.6) is 0 Å². The van der Waals surface area contributed by atoms with Crippen molar-refractivity contribution in [2.75, 3.05) is 25.0 Å². The lowest BCUT2D eigenvalue weighted by molar-refractivity contribution is -0.117. The van der Waals surface area contributed by atoms with Crippen LogP contribution in [-0.2, 0) is 11.3 Å². The molecule has 0 saturated carbocycles. The first-order chi connectivity index (χ1) is 12.1. The van der Waals surface area contributed by atoms with Gasteiger partial charge in [0, 0.05) is 47.5 Å². The third-order valence-corrected chi connectivity index (χ3v) is 5.58. The van der Waals surface area contributed by atoms with Crippen molar-refractivity contribution in [1.82, 2.24) is 9.47 Å². The highest BCUT2D eigenvalue weighted by molar-refractivity contribution is 9.10. The van der Waals surface area contributed by atoms with Crippen LogP contribution in [0.1, 0.15) is 18.0 Å². The number of piperidine rings is 1. The van der Waals surface area contributed by atoms with E-state index in [0.717, 1.165) is 41.9 Å². The van der Waals surface area contributed by atoms with Crippen LogP contribution in [0.2, 0.25) is 0 Å². The molecule has 0 aliphatic carbocycles. The van der Waals surface area contributed by atoms with Crippen LogP contribution >= 0.6 is 15.9 Å². The normalized spacial score (nSPS) is 22.3. The van der Waals surface area contributed by atoms with Gasteiger partial charge in [-0.3, -0.25) is 14.5 Å². The molecule has 2 aliphatic rings. The van der Waals surface area contributed by atoms with Crippen molar-refractivity contribution in [3.63, 3.8) is 0 Å². The van der Waals surface area contributed by atoms with E-state index in [1.807, 2.05) is 41.0 Å². The summed E-state index contributed by atoms with van der Waals surface area (Å²) < 4.78 is 2.90. The highest BCUT2D eigenvalue weighted by Gasteiger charge is 2.34. The summed E-state index contributed by atoms with van der Waals surface area (Å²) in [6, 6.07) is 13.1. The highest BCUT2D eigenvalue weighted by atomic mass is 79.9. The number of fused-ring (bicyclic) bond motifs is 4. The van der Waals surface area contributed by atoms with Gasteiger partial charge in [0.1, 0.15) is 0 Å². The lowest BCUT2D eigenvalue weighted by atomic mass is 9.83. The lowest BCUT2D eigenvalue weighted by Gasteiger charge is -2.42. The highest BCUT2D eigenvalue weighted by Crippen LogP contribution is 2.34. The Kier molecular flexibility index (Phi) is 4.48. The van der Waals surface area contributed by atoms with Crippen molar-refractivity contribution in [1.29, 1.82) is 0 Å². The smallest absolute Gasteiger partial charge is 0.250 e. The van der Waals surface area contributed by atoms with E-state index in [9.17, 15) is 9.59 Å². The number of hydrogen-bond acceptors (Lipinski definition) is 3. The Morgan fingerprint density at radius 3 is 2.72 bits per heavy atom. The number of carbonyl (C=O) groups is 1. The maximum Gasteiger partial charge on any atom is 0.250 e. The van der Waals surface area contributed by atoms with E-state index in [4.69, 9.17) is 0 Å². The maximum absolute atomic E-state index is 12.4. The zero-order valence-electron chi connectivity index (χ0n) is 13.8. The molecule has 1 saturated heterocycles. The Morgan fingerprint density at radius 2 is 1.92 bits per heavy atom. The molecule has 0 radical (unpaired) electrons. The quantitative estimate of drug-likeness (QED) is 0.859. The summed E-state index contributed by atoms with van der Waals surface area (Å²) in [5.41, 5.74) is 2.01. The number of carbonyl (C=O) groups excluding carboxylic acids is 1. The summed E-state index contributed by atoms with van der Waals surface area (Å²) in [6.45, 7) is 2.84. The van der Waals surface area contributed by atoms with E-state index < -0.39 is 0 Å². The van der Waals surface area contributed by atoms with E-state index >= 15 is 0 Å². The number of rotatable bonds is 3. The molecule has 1 N–H and O–H groups in total. The van der Waals surface area contributed by atoms with Crippen LogP contribution in [-0.4, -0.2) is 35.0 Å². The summed E-state index contributed by atoms with van der Waals surface area (Å²) in [4.78, 5) is 26.6. The third kappa shape index (κ3) is 3.55. The summed E-state index contributed by atoms with van der Waals surface area (Å²) in [6.07, 6.45) is 1.11.